The Hall–Kier alpha value is -2.36. The molecule has 0 saturated heterocycles. The lowest BCUT2D eigenvalue weighted by atomic mass is 9.81. The van der Waals surface area contributed by atoms with E-state index in [0.29, 0.717) is 12.1 Å². The van der Waals surface area contributed by atoms with Crippen molar-refractivity contribution >= 4 is 5.91 Å². The lowest BCUT2D eigenvalue weighted by Crippen LogP contribution is -2.45. The third kappa shape index (κ3) is 4.19. The van der Waals surface area contributed by atoms with Gasteiger partial charge in [0.25, 0.3) is 0 Å². The van der Waals surface area contributed by atoms with Gasteiger partial charge in [-0.1, -0.05) is 44.2 Å². The Morgan fingerprint density at radius 3 is 2.20 bits per heavy atom. The fraction of sp³-hybridized carbons (Fsp3) is 0.381. The number of amides is 1. The van der Waals surface area contributed by atoms with E-state index in [-0.39, 0.29) is 11.7 Å². The van der Waals surface area contributed by atoms with E-state index in [0.717, 1.165) is 11.3 Å². The van der Waals surface area contributed by atoms with Gasteiger partial charge in [-0.2, -0.15) is 0 Å². The van der Waals surface area contributed by atoms with Crippen LogP contribution in [0.3, 0.4) is 0 Å². The van der Waals surface area contributed by atoms with Crippen LogP contribution in [0.4, 0.5) is 4.39 Å². The number of nitrogens with one attached hydrogen (secondary N) is 1. The summed E-state index contributed by atoms with van der Waals surface area (Å²) in [4.78, 5) is 12.7. The summed E-state index contributed by atoms with van der Waals surface area (Å²) in [5.41, 5.74) is 0.293. The molecule has 2 aromatic rings. The van der Waals surface area contributed by atoms with Gasteiger partial charge in [0.05, 0.1) is 12.5 Å². The number of carbonyl (C=O) groups is 1. The van der Waals surface area contributed by atoms with Gasteiger partial charge in [-0.25, -0.2) is 4.39 Å². The molecule has 134 valence electrons. The molecule has 0 aliphatic heterocycles. The first-order valence-electron chi connectivity index (χ1n) is 8.36. The van der Waals surface area contributed by atoms with Crippen LogP contribution in [0.1, 0.15) is 38.8 Å². The van der Waals surface area contributed by atoms with Gasteiger partial charge in [-0.05, 0) is 43.2 Å². The van der Waals surface area contributed by atoms with Crippen molar-refractivity contribution in [1.82, 2.24) is 5.32 Å². The topological polar surface area (TPSA) is 38.3 Å². The number of hydrogen-bond donors (Lipinski definition) is 1. The van der Waals surface area contributed by atoms with Crippen LogP contribution >= 0.6 is 0 Å². The highest BCUT2D eigenvalue weighted by atomic mass is 19.1. The van der Waals surface area contributed by atoms with Crippen molar-refractivity contribution in [2.24, 2.45) is 0 Å². The third-order valence-electron chi connectivity index (χ3n) is 4.67. The Morgan fingerprint density at radius 2 is 1.64 bits per heavy atom. The maximum atomic E-state index is 14.1. The van der Waals surface area contributed by atoms with Gasteiger partial charge >= 0.3 is 0 Å². The van der Waals surface area contributed by atoms with Crippen LogP contribution in [0.5, 0.6) is 5.75 Å². The molecular weight excluding hydrogens is 317 g/mol. The molecule has 0 aromatic heterocycles. The van der Waals surface area contributed by atoms with Gasteiger partial charge < -0.3 is 10.1 Å². The van der Waals surface area contributed by atoms with Gasteiger partial charge in [0.1, 0.15) is 11.6 Å². The van der Waals surface area contributed by atoms with Crippen molar-refractivity contribution in [3.63, 3.8) is 0 Å². The molecule has 0 bridgehead atoms. The quantitative estimate of drug-likeness (QED) is 0.853. The Balaban J connectivity index is 2.11. The standard InChI is InChI=1S/C21H26FNO2/c1-20(2,17-8-6-7-9-18(17)22)14-23-19(24)21(3,4)15-10-12-16(25-5)13-11-15/h6-13H,14H2,1-5H3,(H,23,24). The van der Waals surface area contributed by atoms with Crippen LogP contribution in [-0.4, -0.2) is 19.6 Å². The first kappa shape index (κ1) is 19.0. The van der Waals surface area contributed by atoms with E-state index in [2.05, 4.69) is 5.32 Å². The first-order valence-corrected chi connectivity index (χ1v) is 8.36. The van der Waals surface area contributed by atoms with E-state index in [1.54, 1.807) is 19.2 Å². The van der Waals surface area contributed by atoms with Crippen LogP contribution in [0.25, 0.3) is 0 Å². The Morgan fingerprint density at radius 1 is 1.04 bits per heavy atom. The van der Waals surface area contributed by atoms with Crippen molar-refractivity contribution < 1.29 is 13.9 Å². The SMILES string of the molecule is COc1ccc(C(C)(C)C(=O)NCC(C)(C)c2ccccc2F)cc1. The summed E-state index contributed by atoms with van der Waals surface area (Å²) >= 11 is 0. The number of carbonyl (C=O) groups excluding carboxylic acids is 1. The Kier molecular flexibility index (Phi) is 5.51. The van der Waals surface area contributed by atoms with Crippen LogP contribution in [-0.2, 0) is 15.6 Å². The summed E-state index contributed by atoms with van der Waals surface area (Å²) in [6, 6.07) is 14.1. The molecule has 0 saturated carbocycles. The second-order valence-corrected chi connectivity index (χ2v) is 7.40. The average Bonchev–Trinajstić information content (AvgIpc) is 2.60. The molecule has 0 aliphatic rings. The number of methoxy groups -OCH3 is 1. The zero-order chi connectivity index (χ0) is 18.7. The van der Waals surface area contributed by atoms with Crippen molar-refractivity contribution in [3.05, 3.63) is 65.5 Å². The molecule has 25 heavy (non-hydrogen) atoms. The zero-order valence-corrected chi connectivity index (χ0v) is 15.5. The van der Waals surface area contributed by atoms with Crippen LogP contribution in [0.15, 0.2) is 48.5 Å². The monoisotopic (exact) mass is 343 g/mol. The van der Waals surface area contributed by atoms with E-state index in [9.17, 15) is 9.18 Å². The van der Waals surface area contributed by atoms with E-state index in [1.807, 2.05) is 58.0 Å². The molecule has 1 N–H and O–H groups in total. The average molecular weight is 343 g/mol. The lowest BCUT2D eigenvalue weighted by molar-refractivity contribution is -0.125. The largest absolute Gasteiger partial charge is 0.497 e. The summed E-state index contributed by atoms with van der Waals surface area (Å²) < 4.78 is 19.2. The highest BCUT2D eigenvalue weighted by Crippen LogP contribution is 2.28. The van der Waals surface area contributed by atoms with Crippen LogP contribution in [0, 0.1) is 5.82 Å². The molecule has 0 spiro atoms. The van der Waals surface area contributed by atoms with Crippen LogP contribution in [0.2, 0.25) is 0 Å². The molecule has 0 fully saturated rings. The maximum absolute atomic E-state index is 14.1. The number of rotatable bonds is 6. The molecule has 2 aromatic carbocycles. The highest BCUT2D eigenvalue weighted by Gasteiger charge is 2.32. The van der Waals surface area contributed by atoms with Crippen LogP contribution < -0.4 is 10.1 Å². The minimum absolute atomic E-state index is 0.0953. The van der Waals surface area contributed by atoms with E-state index in [1.165, 1.54) is 6.07 Å². The number of hydrogen-bond acceptors (Lipinski definition) is 2. The van der Waals surface area contributed by atoms with E-state index >= 15 is 0 Å². The number of benzene rings is 2. The fourth-order valence-corrected chi connectivity index (χ4v) is 2.77. The van der Waals surface area contributed by atoms with Crippen molar-refractivity contribution in [2.45, 2.75) is 38.5 Å². The summed E-state index contributed by atoms with van der Waals surface area (Å²) in [5, 5.41) is 2.98. The molecule has 1 amide bonds. The lowest BCUT2D eigenvalue weighted by Gasteiger charge is -2.30. The van der Waals surface area contributed by atoms with Gasteiger partial charge in [0.2, 0.25) is 5.91 Å². The Labute approximate surface area is 149 Å². The molecule has 0 radical (unpaired) electrons. The van der Waals surface area contributed by atoms with Gasteiger partial charge in [-0.3, -0.25) is 4.79 Å². The predicted octanol–water partition coefficient (Wildman–Crippen LogP) is 4.21. The molecule has 0 atom stereocenters. The normalized spacial score (nSPS) is 11.9. The maximum Gasteiger partial charge on any atom is 0.230 e. The molecule has 3 nitrogen and oxygen atoms in total. The molecule has 2 rings (SSSR count). The molecule has 0 aliphatic carbocycles. The molecule has 4 heteroatoms. The summed E-state index contributed by atoms with van der Waals surface area (Å²) in [7, 11) is 1.61. The fourth-order valence-electron chi connectivity index (χ4n) is 2.77. The van der Waals surface area contributed by atoms with E-state index < -0.39 is 10.8 Å². The van der Waals surface area contributed by atoms with E-state index in [4.69, 9.17) is 4.74 Å². The number of ether oxygens (including phenoxy) is 1. The second kappa shape index (κ2) is 7.26. The highest BCUT2D eigenvalue weighted by molar-refractivity contribution is 5.87. The van der Waals surface area contributed by atoms with Gasteiger partial charge in [0.15, 0.2) is 0 Å². The second-order valence-electron chi connectivity index (χ2n) is 7.40. The zero-order valence-electron chi connectivity index (χ0n) is 15.5. The Bertz CT molecular complexity index is 736. The van der Waals surface area contributed by atoms with Gasteiger partial charge in [-0.15, -0.1) is 0 Å². The van der Waals surface area contributed by atoms with Gasteiger partial charge in [0, 0.05) is 12.0 Å². The minimum atomic E-state index is -0.697. The van der Waals surface area contributed by atoms with Crippen molar-refractivity contribution in [3.8, 4) is 5.75 Å². The summed E-state index contributed by atoms with van der Waals surface area (Å²) in [5.74, 6) is 0.402. The first-order chi connectivity index (χ1) is 11.7. The third-order valence-corrected chi connectivity index (χ3v) is 4.67. The van der Waals surface area contributed by atoms with Crippen molar-refractivity contribution in [2.75, 3.05) is 13.7 Å². The molecular formula is C21H26FNO2. The minimum Gasteiger partial charge on any atom is -0.497 e. The smallest absolute Gasteiger partial charge is 0.230 e. The molecule has 0 unspecified atom stereocenters. The predicted molar refractivity (Wildman–Crippen MR) is 98.5 cm³/mol. The summed E-state index contributed by atoms with van der Waals surface area (Å²) in [6.07, 6.45) is 0. The molecule has 0 heterocycles. The number of halogens is 1. The summed E-state index contributed by atoms with van der Waals surface area (Å²) in [6.45, 7) is 7.95. The van der Waals surface area contributed by atoms with Crippen molar-refractivity contribution in [1.29, 1.82) is 0 Å².